The van der Waals surface area contributed by atoms with Gasteiger partial charge in [-0.1, -0.05) is 29.8 Å². The Morgan fingerprint density at radius 1 is 1.32 bits per heavy atom. The van der Waals surface area contributed by atoms with E-state index in [1.54, 1.807) is 11.3 Å². The lowest BCUT2D eigenvalue weighted by Gasteiger charge is -2.20. The van der Waals surface area contributed by atoms with Crippen molar-refractivity contribution in [1.29, 1.82) is 0 Å². The molecule has 0 atom stereocenters. The normalized spacial score (nSPS) is 15.7. The van der Waals surface area contributed by atoms with Gasteiger partial charge in [0.1, 0.15) is 0 Å². The average molecular weight is 315 g/mol. The van der Waals surface area contributed by atoms with Gasteiger partial charge in [0.05, 0.1) is 6.42 Å². The summed E-state index contributed by atoms with van der Waals surface area (Å²) in [6.45, 7) is 4.18. The van der Waals surface area contributed by atoms with Crippen molar-refractivity contribution in [2.45, 2.75) is 32.1 Å². The Bertz CT molecular complexity index is 630. The van der Waals surface area contributed by atoms with Crippen LogP contribution in [0.4, 0.5) is 5.13 Å². The van der Waals surface area contributed by atoms with Gasteiger partial charge in [0, 0.05) is 11.1 Å². The van der Waals surface area contributed by atoms with Crippen LogP contribution in [0.25, 0.3) is 0 Å². The van der Waals surface area contributed by atoms with E-state index in [4.69, 9.17) is 0 Å². The SMILES string of the molecule is Cc1ccc(CC(=O)Nc2ncc(C3CCNCC3)s2)cc1. The van der Waals surface area contributed by atoms with Gasteiger partial charge in [-0.2, -0.15) is 0 Å². The number of rotatable bonds is 4. The van der Waals surface area contributed by atoms with Crippen molar-refractivity contribution in [3.05, 3.63) is 46.5 Å². The van der Waals surface area contributed by atoms with Crippen molar-refractivity contribution < 1.29 is 4.79 Å². The highest BCUT2D eigenvalue weighted by atomic mass is 32.1. The first-order chi connectivity index (χ1) is 10.7. The van der Waals surface area contributed by atoms with E-state index < -0.39 is 0 Å². The van der Waals surface area contributed by atoms with Crippen LogP contribution >= 0.6 is 11.3 Å². The Hall–Kier alpha value is -1.72. The molecule has 1 aliphatic rings. The predicted molar refractivity (Wildman–Crippen MR) is 90.5 cm³/mol. The number of aromatic nitrogens is 1. The number of amides is 1. The standard InChI is InChI=1S/C17H21N3OS/c1-12-2-4-13(5-3-12)10-16(21)20-17-19-11-15(22-17)14-6-8-18-9-7-14/h2-5,11,14,18H,6-10H2,1H3,(H,19,20,21). The average Bonchev–Trinajstić information content (AvgIpc) is 2.99. The molecule has 2 heterocycles. The first kappa shape index (κ1) is 15.2. The van der Waals surface area contributed by atoms with Crippen LogP contribution < -0.4 is 10.6 Å². The molecule has 1 fully saturated rings. The van der Waals surface area contributed by atoms with Gasteiger partial charge < -0.3 is 10.6 Å². The second kappa shape index (κ2) is 7.03. The van der Waals surface area contributed by atoms with Crippen molar-refractivity contribution >= 4 is 22.4 Å². The molecule has 2 N–H and O–H groups in total. The molecule has 0 bridgehead atoms. The van der Waals surface area contributed by atoms with Crippen LogP contribution in [-0.4, -0.2) is 24.0 Å². The molecule has 3 rings (SSSR count). The summed E-state index contributed by atoms with van der Waals surface area (Å²) in [6.07, 6.45) is 4.61. The molecular formula is C17H21N3OS. The Balaban J connectivity index is 1.57. The molecule has 1 saturated heterocycles. The Morgan fingerprint density at radius 2 is 2.05 bits per heavy atom. The summed E-state index contributed by atoms with van der Waals surface area (Å²) in [7, 11) is 0. The molecule has 22 heavy (non-hydrogen) atoms. The smallest absolute Gasteiger partial charge is 0.230 e. The summed E-state index contributed by atoms with van der Waals surface area (Å²) in [5.41, 5.74) is 2.23. The number of carbonyl (C=O) groups is 1. The van der Waals surface area contributed by atoms with Gasteiger partial charge in [-0.15, -0.1) is 11.3 Å². The van der Waals surface area contributed by atoms with Crippen molar-refractivity contribution in [3.63, 3.8) is 0 Å². The molecule has 0 saturated carbocycles. The van der Waals surface area contributed by atoms with Crippen molar-refractivity contribution in [1.82, 2.24) is 10.3 Å². The zero-order chi connectivity index (χ0) is 15.4. The molecule has 0 radical (unpaired) electrons. The maximum Gasteiger partial charge on any atom is 0.230 e. The summed E-state index contributed by atoms with van der Waals surface area (Å²) in [5, 5.41) is 7.00. The minimum atomic E-state index is -0.00457. The Labute approximate surface area is 135 Å². The molecular weight excluding hydrogens is 294 g/mol. The Morgan fingerprint density at radius 3 is 2.77 bits per heavy atom. The zero-order valence-electron chi connectivity index (χ0n) is 12.8. The van der Waals surface area contributed by atoms with Gasteiger partial charge in [0.2, 0.25) is 5.91 Å². The number of nitrogens with zero attached hydrogens (tertiary/aromatic N) is 1. The highest BCUT2D eigenvalue weighted by Crippen LogP contribution is 2.31. The van der Waals surface area contributed by atoms with E-state index in [9.17, 15) is 4.79 Å². The van der Waals surface area contributed by atoms with Crippen molar-refractivity contribution in [2.24, 2.45) is 0 Å². The first-order valence-electron chi connectivity index (χ1n) is 7.72. The van der Waals surface area contributed by atoms with Crippen LogP contribution in [0, 0.1) is 6.92 Å². The molecule has 1 aliphatic heterocycles. The number of thiazole rings is 1. The molecule has 4 nitrogen and oxygen atoms in total. The minimum Gasteiger partial charge on any atom is -0.317 e. The fourth-order valence-corrected chi connectivity index (χ4v) is 3.70. The molecule has 0 spiro atoms. The van der Waals surface area contributed by atoms with E-state index in [1.165, 1.54) is 10.4 Å². The molecule has 1 aromatic heterocycles. The molecule has 2 aromatic rings. The van der Waals surface area contributed by atoms with E-state index in [-0.39, 0.29) is 5.91 Å². The summed E-state index contributed by atoms with van der Waals surface area (Å²) >= 11 is 1.61. The lowest BCUT2D eigenvalue weighted by molar-refractivity contribution is -0.115. The lowest BCUT2D eigenvalue weighted by atomic mass is 9.97. The number of hydrogen-bond acceptors (Lipinski definition) is 4. The topological polar surface area (TPSA) is 54.0 Å². The van der Waals surface area contributed by atoms with E-state index in [0.29, 0.717) is 17.5 Å². The number of hydrogen-bond donors (Lipinski definition) is 2. The second-order valence-corrected chi connectivity index (χ2v) is 6.86. The van der Waals surface area contributed by atoms with E-state index in [2.05, 4.69) is 15.6 Å². The van der Waals surface area contributed by atoms with Gasteiger partial charge >= 0.3 is 0 Å². The van der Waals surface area contributed by atoms with Crippen LogP contribution in [0.1, 0.15) is 34.8 Å². The number of benzene rings is 1. The quantitative estimate of drug-likeness (QED) is 0.911. The monoisotopic (exact) mass is 315 g/mol. The summed E-state index contributed by atoms with van der Waals surface area (Å²) in [6, 6.07) is 8.05. The number of aryl methyl sites for hydroxylation is 1. The molecule has 5 heteroatoms. The van der Waals surface area contributed by atoms with Gasteiger partial charge in [-0.25, -0.2) is 4.98 Å². The molecule has 0 aliphatic carbocycles. The van der Waals surface area contributed by atoms with Crippen molar-refractivity contribution in [3.8, 4) is 0 Å². The van der Waals surface area contributed by atoms with Crippen LogP contribution in [0.15, 0.2) is 30.5 Å². The van der Waals surface area contributed by atoms with Gasteiger partial charge in [0.15, 0.2) is 5.13 Å². The van der Waals surface area contributed by atoms with Gasteiger partial charge in [-0.05, 0) is 44.3 Å². The van der Waals surface area contributed by atoms with Crippen LogP contribution in [-0.2, 0) is 11.2 Å². The molecule has 1 amide bonds. The summed E-state index contributed by atoms with van der Waals surface area (Å²) in [4.78, 5) is 17.7. The fraction of sp³-hybridized carbons (Fsp3) is 0.412. The number of anilines is 1. The molecule has 1 aromatic carbocycles. The third kappa shape index (κ3) is 3.93. The number of nitrogens with one attached hydrogen (secondary N) is 2. The maximum absolute atomic E-state index is 12.1. The van der Waals surface area contributed by atoms with E-state index in [0.717, 1.165) is 31.5 Å². The highest BCUT2D eigenvalue weighted by molar-refractivity contribution is 7.15. The third-order valence-corrected chi connectivity index (χ3v) is 5.07. The van der Waals surface area contributed by atoms with E-state index >= 15 is 0 Å². The van der Waals surface area contributed by atoms with Gasteiger partial charge in [-0.3, -0.25) is 4.79 Å². The lowest BCUT2D eigenvalue weighted by Crippen LogP contribution is -2.26. The molecule has 116 valence electrons. The van der Waals surface area contributed by atoms with Crippen LogP contribution in [0.2, 0.25) is 0 Å². The van der Waals surface area contributed by atoms with E-state index in [1.807, 2.05) is 37.4 Å². The maximum atomic E-state index is 12.1. The largest absolute Gasteiger partial charge is 0.317 e. The third-order valence-electron chi connectivity index (χ3n) is 4.00. The zero-order valence-corrected chi connectivity index (χ0v) is 13.6. The summed E-state index contributed by atoms with van der Waals surface area (Å²) in [5.74, 6) is 0.580. The predicted octanol–water partition coefficient (Wildman–Crippen LogP) is 3.10. The minimum absolute atomic E-state index is 0.00457. The summed E-state index contributed by atoms with van der Waals surface area (Å²) < 4.78 is 0. The second-order valence-electron chi connectivity index (χ2n) is 5.80. The number of carbonyl (C=O) groups excluding carboxylic acids is 1. The molecule has 0 unspecified atom stereocenters. The highest BCUT2D eigenvalue weighted by Gasteiger charge is 2.18. The van der Waals surface area contributed by atoms with Crippen molar-refractivity contribution in [2.75, 3.05) is 18.4 Å². The first-order valence-corrected chi connectivity index (χ1v) is 8.54. The Kier molecular flexibility index (Phi) is 4.85. The van der Waals surface area contributed by atoms with Crippen LogP contribution in [0.5, 0.6) is 0 Å². The number of piperidine rings is 1. The fourth-order valence-electron chi connectivity index (χ4n) is 2.69. The van der Waals surface area contributed by atoms with Crippen LogP contribution in [0.3, 0.4) is 0 Å². The van der Waals surface area contributed by atoms with Gasteiger partial charge in [0.25, 0.3) is 0 Å².